The Bertz CT molecular complexity index is 735. The summed E-state index contributed by atoms with van der Waals surface area (Å²) in [6.45, 7) is 4.37. The predicted octanol–water partition coefficient (Wildman–Crippen LogP) is 14.4. The highest BCUT2D eigenvalue weighted by Crippen LogP contribution is 2.16. The second-order valence-corrected chi connectivity index (χ2v) is 15.8. The Morgan fingerprint density at radius 3 is 1.18 bits per heavy atom. The van der Waals surface area contributed by atoms with Gasteiger partial charge in [0.2, 0.25) is 5.91 Å². The average Bonchev–Trinajstić information content (AvgIpc) is 3.13. The highest BCUT2D eigenvalue weighted by molar-refractivity contribution is 5.76. The van der Waals surface area contributed by atoms with Gasteiger partial charge < -0.3 is 15.5 Å². The summed E-state index contributed by atoms with van der Waals surface area (Å²) in [5, 5.41) is 23.2. The zero-order valence-corrected chi connectivity index (χ0v) is 34.6. The van der Waals surface area contributed by atoms with Gasteiger partial charge in [0.15, 0.2) is 0 Å². The summed E-state index contributed by atoms with van der Waals surface area (Å²) in [6.07, 6.45) is 55.4. The molecule has 0 aliphatic heterocycles. The van der Waals surface area contributed by atoms with Crippen molar-refractivity contribution >= 4 is 5.91 Å². The van der Waals surface area contributed by atoms with Crippen molar-refractivity contribution in [3.63, 3.8) is 0 Å². The van der Waals surface area contributed by atoms with Gasteiger partial charge in [0.25, 0.3) is 0 Å². The molecule has 0 aromatic rings. The van der Waals surface area contributed by atoms with Gasteiger partial charge >= 0.3 is 0 Å². The summed E-state index contributed by atoms with van der Waals surface area (Å²) in [6, 6.07) is -0.538. The topological polar surface area (TPSA) is 69.6 Å². The van der Waals surface area contributed by atoms with Crippen molar-refractivity contribution < 1.29 is 15.0 Å². The lowest BCUT2D eigenvalue weighted by atomic mass is 10.0. The van der Waals surface area contributed by atoms with Crippen LogP contribution in [0.2, 0.25) is 0 Å². The van der Waals surface area contributed by atoms with Gasteiger partial charge in [-0.25, -0.2) is 0 Å². The molecule has 0 rings (SSSR count). The molecule has 0 aromatic carbocycles. The van der Waals surface area contributed by atoms with E-state index in [0.29, 0.717) is 12.8 Å². The molecule has 0 aliphatic carbocycles. The van der Waals surface area contributed by atoms with Crippen LogP contribution in [0.4, 0.5) is 0 Å². The van der Waals surface area contributed by atoms with Crippen molar-refractivity contribution in [2.75, 3.05) is 6.61 Å². The first kappa shape index (κ1) is 49.9. The number of aliphatic hydroxyl groups is 2. The fourth-order valence-corrected chi connectivity index (χ4v) is 7.16. The van der Waals surface area contributed by atoms with Gasteiger partial charge in [-0.1, -0.05) is 224 Å². The molecule has 0 radical (unpaired) electrons. The van der Waals surface area contributed by atoms with E-state index in [1.165, 1.54) is 193 Å². The van der Waals surface area contributed by atoms with Crippen molar-refractivity contribution in [1.82, 2.24) is 5.32 Å². The first-order valence-corrected chi connectivity index (χ1v) is 23.0. The van der Waals surface area contributed by atoms with Crippen LogP contribution in [-0.4, -0.2) is 34.9 Å². The minimum Gasteiger partial charge on any atom is -0.394 e. The van der Waals surface area contributed by atoms with Crippen molar-refractivity contribution in [2.45, 2.75) is 264 Å². The number of nitrogens with one attached hydrogen (secondary N) is 1. The third kappa shape index (κ3) is 39.9. The van der Waals surface area contributed by atoms with Crippen LogP contribution in [0, 0.1) is 0 Å². The Morgan fingerprint density at radius 1 is 0.471 bits per heavy atom. The lowest BCUT2D eigenvalue weighted by Crippen LogP contribution is -2.45. The first-order chi connectivity index (χ1) is 25.2. The predicted molar refractivity (Wildman–Crippen MR) is 225 cm³/mol. The number of unbranched alkanes of at least 4 members (excludes halogenated alkanes) is 31. The van der Waals surface area contributed by atoms with Gasteiger partial charge in [0.1, 0.15) is 0 Å². The summed E-state index contributed by atoms with van der Waals surface area (Å²) in [5.74, 6) is -0.0368. The number of rotatable bonds is 42. The molecular weight excluding hydrogens is 627 g/mol. The molecule has 302 valence electrons. The minimum absolute atomic E-state index is 0.0368. The van der Waals surface area contributed by atoms with E-state index in [-0.39, 0.29) is 12.5 Å². The third-order valence-corrected chi connectivity index (χ3v) is 10.7. The van der Waals surface area contributed by atoms with Gasteiger partial charge in [0, 0.05) is 6.42 Å². The van der Waals surface area contributed by atoms with Gasteiger partial charge in [-0.2, -0.15) is 0 Å². The maximum atomic E-state index is 12.4. The van der Waals surface area contributed by atoms with E-state index < -0.39 is 12.1 Å². The lowest BCUT2D eigenvalue weighted by Gasteiger charge is -2.22. The molecule has 0 heterocycles. The standard InChI is InChI=1S/C47H91NO3/c1-3-5-7-9-11-13-15-17-19-21-22-23-24-25-26-27-29-31-33-35-37-39-41-43-47(51)48-45(44-49)46(50)42-40-38-36-34-32-30-28-20-18-16-14-12-10-8-6-4-2/h22-23,25-26,45-46,49-50H,3-21,24,27-44H2,1-2H3,(H,48,51)/b23-22-,26-25-. The molecule has 0 aliphatic rings. The quantitative estimate of drug-likeness (QED) is 0.0435. The van der Waals surface area contributed by atoms with Crippen LogP contribution in [0.1, 0.15) is 251 Å². The van der Waals surface area contributed by atoms with Gasteiger partial charge in [0.05, 0.1) is 18.8 Å². The third-order valence-electron chi connectivity index (χ3n) is 10.7. The normalized spacial score (nSPS) is 13.1. The summed E-state index contributed by atoms with van der Waals surface area (Å²) in [4.78, 5) is 12.4. The molecule has 1 amide bonds. The van der Waals surface area contributed by atoms with Crippen LogP contribution in [0.15, 0.2) is 24.3 Å². The highest BCUT2D eigenvalue weighted by atomic mass is 16.3. The van der Waals surface area contributed by atoms with Crippen LogP contribution in [0.25, 0.3) is 0 Å². The lowest BCUT2D eigenvalue weighted by molar-refractivity contribution is -0.123. The van der Waals surface area contributed by atoms with Crippen molar-refractivity contribution in [1.29, 1.82) is 0 Å². The zero-order chi connectivity index (χ0) is 37.1. The highest BCUT2D eigenvalue weighted by Gasteiger charge is 2.20. The molecule has 0 aromatic heterocycles. The van der Waals surface area contributed by atoms with Gasteiger partial charge in [-0.05, 0) is 44.9 Å². The molecule has 0 bridgehead atoms. The number of carbonyl (C=O) groups excluding carboxylic acids is 1. The molecule has 2 atom stereocenters. The second-order valence-electron chi connectivity index (χ2n) is 15.8. The zero-order valence-electron chi connectivity index (χ0n) is 34.6. The summed E-state index contributed by atoms with van der Waals surface area (Å²) < 4.78 is 0. The Labute approximate surface area is 319 Å². The van der Waals surface area contributed by atoms with Crippen LogP contribution >= 0.6 is 0 Å². The molecule has 4 nitrogen and oxygen atoms in total. The molecule has 0 fully saturated rings. The Morgan fingerprint density at radius 2 is 0.804 bits per heavy atom. The Kier molecular flexibility index (Phi) is 42.3. The molecule has 0 spiro atoms. The van der Waals surface area contributed by atoms with E-state index in [1.54, 1.807) is 0 Å². The maximum absolute atomic E-state index is 12.4. The molecular formula is C47H91NO3. The summed E-state index contributed by atoms with van der Waals surface area (Å²) >= 11 is 0. The molecule has 0 saturated carbocycles. The van der Waals surface area contributed by atoms with Crippen LogP contribution in [-0.2, 0) is 4.79 Å². The average molecular weight is 718 g/mol. The van der Waals surface area contributed by atoms with Gasteiger partial charge in [-0.15, -0.1) is 0 Å². The van der Waals surface area contributed by atoms with E-state index in [9.17, 15) is 15.0 Å². The van der Waals surface area contributed by atoms with E-state index >= 15 is 0 Å². The largest absolute Gasteiger partial charge is 0.394 e. The number of carbonyl (C=O) groups is 1. The number of hydrogen-bond donors (Lipinski definition) is 3. The smallest absolute Gasteiger partial charge is 0.220 e. The van der Waals surface area contributed by atoms with E-state index in [4.69, 9.17) is 0 Å². The summed E-state index contributed by atoms with van der Waals surface area (Å²) in [7, 11) is 0. The van der Waals surface area contributed by atoms with Crippen LogP contribution < -0.4 is 5.32 Å². The maximum Gasteiger partial charge on any atom is 0.220 e. The minimum atomic E-state index is -0.661. The second kappa shape index (κ2) is 43.3. The van der Waals surface area contributed by atoms with E-state index in [2.05, 4.69) is 43.5 Å². The molecule has 51 heavy (non-hydrogen) atoms. The monoisotopic (exact) mass is 718 g/mol. The molecule has 3 N–H and O–H groups in total. The number of aliphatic hydroxyl groups excluding tert-OH is 2. The van der Waals surface area contributed by atoms with Crippen molar-refractivity contribution in [3.8, 4) is 0 Å². The van der Waals surface area contributed by atoms with E-state index in [1.807, 2.05) is 0 Å². The van der Waals surface area contributed by atoms with Crippen molar-refractivity contribution in [3.05, 3.63) is 24.3 Å². The van der Waals surface area contributed by atoms with Crippen LogP contribution in [0.5, 0.6) is 0 Å². The van der Waals surface area contributed by atoms with E-state index in [0.717, 1.165) is 32.1 Å². The number of allylic oxidation sites excluding steroid dienone is 4. The molecule has 0 saturated heterocycles. The fourth-order valence-electron chi connectivity index (χ4n) is 7.16. The van der Waals surface area contributed by atoms with Crippen LogP contribution in [0.3, 0.4) is 0 Å². The molecule has 4 heteroatoms. The first-order valence-electron chi connectivity index (χ1n) is 23.0. The number of amides is 1. The SMILES string of the molecule is CCCCCCCCCCC/C=C\C/C=C\CCCCCCCCCC(=O)NC(CO)C(O)CCCCCCCCCCCCCCCCCC. The molecule has 2 unspecified atom stereocenters. The number of hydrogen-bond acceptors (Lipinski definition) is 3. The Hall–Kier alpha value is -1.13. The summed E-state index contributed by atoms with van der Waals surface area (Å²) in [5.41, 5.74) is 0. The fraction of sp³-hybridized carbons (Fsp3) is 0.894. The van der Waals surface area contributed by atoms with Gasteiger partial charge in [-0.3, -0.25) is 4.79 Å². The Balaban J connectivity index is 3.52. The van der Waals surface area contributed by atoms with Crippen molar-refractivity contribution in [2.24, 2.45) is 0 Å².